The van der Waals surface area contributed by atoms with Crippen LogP contribution in [-0.4, -0.2) is 37.7 Å². The topological polar surface area (TPSA) is 34.1 Å². The average molecular weight is 188 g/mol. The van der Waals surface area contributed by atoms with Crippen LogP contribution >= 0.6 is 0 Å². The Labute approximate surface area is 73.5 Å². The minimum Gasteiger partial charge on any atom is -0.291 e. The van der Waals surface area contributed by atoms with Crippen LogP contribution in [0.25, 0.3) is 0 Å². The quantitative estimate of drug-likeness (QED) is 0.467. The zero-order valence-corrected chi connectivity index (χ0v) is 8.21. The number of likely N-dealkylation sites (N-methyl/N-ethyl adjacent to an activating group) is 1. The summed E-state index contributed by atoms with van der Waals surface area (Å²) in [5.74, 6) is 0. The van der Waals surface area contributed by atoms with Gasteiger partial charge in [-0.25, -0.2) is 8.42 Å². The minimum absolute atomic E-state index is 0.412. The highest BCUT2D eigenvalue weighted by atomic mass is 32.2. The third kappa shape index (κ3) is 0.881. The fourth-order valence-corrected chi connectivity index (χ4v) is 4.20. The van der Waals surface area contributed by atoms with Gasteiger partial charge in [0, 0.05) is 0 Å². The van der Waals surface area contributed by atoms with E-state index in [1.165, 1.54) is 12.2 Å². The van der Waals surface area contributed by atoms with Gasteiger partial charge in [-0.3, -0.25) is 4.48 Å². The lowest BCUT2D eigenvalue weighted by molar-refractivity contribution is -0.917. The number of quaternary nitrogens is 1. The van der Waals surface area contributed by atoms with Gasteiger partial charge in [0.05, 0.1) is 14.1 Å². The van der Waals surface area contributed by atoms with Crippen molar-refractivity contribution in [2.45, 2.75) is 10.7 Å². The van der Waals surface area contributed by atoms with Crippen LogP contribution in [0.1, 0.15) is 0 Å². The molecule has 0 aromatic heterocycles. The summed E-state index contributed by atoms with van der Waals surface area (Å²) in [6.07, 6.45) is 2.96. The fourth-order valence-electron chi connectivity index (χ4n) is 1.80. The molecule has 0 aromatic carbocycles. The predicted octanol–water partition coefficient (Wildman–Crippen LogP) is 0.515. The summed E-state index contributed by atoms with van der Waals surface area (Å²) in [6, 6.07) is 0. The number of sulfone groups is 1. The highest BCUT2D eigenvalue weighted by Crippen LogP contribution is 2.36. The van der Waals surface area contributed by atoms with Gasteiger partial charge in [-0.2, -0.15) is 0 Å². The van der Waals surface area contributed by atoms with Crippen molar-refractivity contribution in [3.8, 4) is 0 Å². The summed E-state index contributed by atoms with van der Waals surface area (Å²) in [6.45, 7) is 7.03. The molecule has 0 spiro atoms. The van der Waals surface area contributed by atoms with Crippen LogP contribution in [0.2, 0.25) is 0 Å². The van der Waals surface area contributed by atoms with Gasteiger partial charge in [-0.15, -0.1) is 0 Å². The van der Waals surface area contributed by atoms with Crippen molar-refractivity contribution in [3.05, 3.63) is 25.3 Å². The number of hydrogen-bond donors (Lipinski definition) is 0. The first kappa shape index (κ1) is 9.48. The van der Waals surface area contributed by atoms with Gasteiger partial charge in [0.15, 0.2) is 0 Å². The smallest absolute Gasteiger partial charge is 0.263 e. The van der Waals surface area contributed by atoms with Crippen LogP contribution in [0.15, 0.2) is 25.3 Å². The Morgan fingerprint density at radius 1 is 1.17 bits per heavy atom. The van der Waals surface area contributed by atoms with Crippen LogP contribution in [0.3, 0.4) is 0 Å². The van der Waals surface area contributed by atoms with E-state index in [1.54, 1.807) is 0 Å². The van der Waals surface area contributed by atoms with E-state index in [9.17, 15) is 8.42 Å². The van der Waals surface area contributed by atoms with Crippen molar-refractivity contribution in [3.63, 3.8) is 0 Å². The second kappa shape index (κ2) is 2.44. The molecule has 0 amide bonds. The maximum Gasteiger partial charge on any atom is 0.263 e. The van der Waals surface area contributed by atoms with Crippen LogP contribution in [0.5, 0.6) is 0 Å². The summed E-state index contributed by atoms with van der Waals surface area (Å²) in [4.78, 5) is 0. The number of hydrogen-bond acceptors (Lipinski definition) is 2. The summed E-state index contributed by atoms with van der Waals surface area (Å²) >= 11 is 0. The van der Waals surface area contributed by atoms with Gasteiger partial charge >= 0.3 is 0 Å². The first-order chi connectivity index (χ1) is 5.39. The lowest BCUT2D eigenvalue weighted by Crippen LogP contribution is -2.71. The molecule has 68 valence electrons. The minimum atomic E-state index is -3.03. The molecule has 12 heavy (non-hydrogen) atoms. The Morgan fingerprint density at radius 3 is 1.67 bits per heavy atom. The lowest BCUT2D eigenvalue weighted by Gasteiger charge is -2.49. The van der Waals surface area contributed by atoms with Crippen molar-refractivity contribution in [2.24, 2.45) is 0 Å². The van der Waals surface area contributed by atoms with Gasteiger partial charge in [0.2, 0.25) is 10.7 Å². The highest BCUT2D eigenvalue weighted by molar-refractivity contribution is 7.93. The first-order valence-corrected chi connectivity index (χ1v) is 5.31. The lowest BCUT2D eigenvalue weighted by atomic mass is 10.4. The molecule has 1 aliphatic heterocycles. The molecule has 0 radical (unpaired) electrons. The van der Waals surface area contributed by atoms with Crippen molar-refractivity contribution >= 4 is 9.84 Å². The SMILES string of the molecule is C=CC1[N+](C)(C)C(C=C)S1(=O)=O. The first-order valence-electron chi connectivity index (χ1n) is 3.70. The standard InChI is InChI=1S/C8H14NO2S/c1-5-7-9(3,4)8(6-2)12(7,10)11/h5-8H,1-2H2,3-4H3/q+1. The highest BCUT2D eigenvalue weighted by Gasteiger charge is 2.60. The Kier molecular flexibility index (Phi) is 1.92. The van der Waals surface area contributed by atoms with Gasteiger partial charge in [0.25, 0.3) is 9.84 Å². The summed E-state index contributed by atoms with van der Waals surface area (Å²) in [5, 5.41) is -0.944. The molecule has 0 aliphatic carbocycles. The molecule has 1 fully saturated rings. The van der Waals surface area contributed by atoms with Crippen molar-refractivity contribution in [2.75, 3.05) is 14.1 Å². The monoisotopic (exact) mass is 188 g/mol. The molecule has 0 N–H and O–H groups in total. The molecule has 4 heteroatoms. The molecule has 0 bridgehead atoms. The zero-order chi connectivity index (χ0) is 9.57. The Bertz CT molecular complexity index is 292. The van der Waals surface area contributed by atoms with Crippen molar-refractivity contribution in [1.29, 1.82) is 0 Å². The third-order valence-electron chi connectivity index (χ3n) is 2.39. The van der Waals surface area contributed by atoms with E-state index in [4.69, 9.17) is 0 Å². The van der Waals surface area contributed by atoms with Crippen molar-refractivity contribution in [1.82, 2.24) is 0 Å². The van der Waals surface area contributed by atoms with Crippen LogP contribution in [0.4, 0.5) is 0 Å². The molecular weight excluding hydrogens is 174 g/mol. The molecule has 1 saturated heterocycles. The van der Waals surface area contributed by atoms with Gasteiger partial charge in [-0.1, -0.05) is 13.2 Å². The second-order valence-corrected chi connectivity index (χ2v) is 5.61. The molecule has 2 unspecified atom stereocenters. The molecule has 1 aliphatic rings. The van der Waals surface area contributed by atoms with Gasteiger partial charge in [0.1, 0.15) is 0 Å². The Morgan fingerprint density at radius 2 is 1.50 bits per heavy atom. The van der Waals surface area contributed by atoms with E-state index in [-0.39, 0.29) is 0 Å². The molecule has 3 nitrogen and oxygen atoms in total. The van der Waals surface area contributed by atoms with E-state index in [1.807, 2.05) is 14.1 Å². The Hall–Kier alpha value is -0.610. The van der Waals surface area contributed by atoms with Gasteiger partial charge < -0.3 is 0 Å². The van der Waals surface area contributed by atoms with Crippen LogP contribution < -0.4 is 0 Å². The molecule has 2 atom stereocenters. The molecule has 0 saturated carbocycles. The van der Waals surface area contributed by atoms with Crippen LogP contribution in [0, 0.1) is 0 Å². The Balaban J connectivity index is 3.13. The van der Waals surface area contributed by atoms with E-state index < -0.39 is 20.6 Å². The largest absolute Gasteiger partial charge is 0.291 e. The van der Waals surface area contributed by atoms with Gasteiger partial charge in [-0.05, 0) is 12.2 Å². The predicted molar refractivity (Wildman–Crippen MR) is 49.0 cm³/mol. The van der Waals surface area contributed by atoms with E-state index in [0.717, 1.165) is 0 Å². The van der Waals surface area contributed by atoms with E-state index in [2.05, 4.69) is 13.2 Å². The van der Waals surface area contributed by atoms with Crippen LogP contribution in [-0.2, 0) is 9.84 Å². The van der Waals surface area contributed by atoms with E-state index >= 15 is 0 Å². The number of rotatable bonds is 2. The van der Waals surface area contributed by atoms with E-state index in [0.29, 0.717) is 4.48 Å². The summed E-state index contributed by atoms with van der Waals surface area (Å²) in [7, 11) is 0.687. The maximum atomic E-state index is 11.5. The molecule has 1 rings (SSSR count). The zero-order valence-electron chi connectivity index (χ0n) is 7.40. The molecule has 1 heterocycles. The fraction of sp³-hybridized carbons (Fsp3) is 0.500. The summed E-state index contributed by atoms with van der Waals surface area (Å²) < 4.78 is 23.3. The average Bonchev–Trinajstić information content (AvgIpc) is 1.85. The van der Waals surface area contributed by atoms with Crippen molar-refractivity contribution < 1.29 is 12.9 Å². The molecular formula is C8H14NO2S+. The number of nitrogens with zero attached hydrogens (tertiary/aromatic N) is 1. The molecule has 0 aromatic rings. The maximum absolute atomic E-state index is 11.5. The summed E-state index contributed by atoms with van der Waals surface area (Å²) in [5.41, 5.74) is 0. The third-order valence-corrected chi connectivity index (χ3v) is 5.21. The normalized spacial score (nSPS) is 36.5. The second-order valence-electron chi connectivity index (χ2n) is 3.47.